The summed E-state index contributed by atoms with van der Waals surface area (Å²) in [5.41, 5.74) is 1.96. The van der Waals surface area contributed by atoms with Crippen LogP contribution < -0.4 is 4.74 Å². The molecule has 1 heterocycles. The maximum atomic E-state index is 12.1. The van der Waals surface area contributed by atoms with Gasteiger partial charge in [-0.25, -0.2) is 0 Å². The zero-order chi connectivity index (χ0) is 18.5. The number of amides is 1. The first-order valence-electron chi connectivity index (χ1n) is 8.48. The third-order valence-electron chi connectivity index (χ3n) is 4.44. The van der Waals surface area contributed by atoms with Gasteiger partial charge in [-0.05, 0) is 23.8 Å². The maximum Gasteiger partial charge on any atom is 0.308 e. The first-order chi connectivity index (χ1) is 12.5. The minimum atomic E-state index is -0.939. The number of nitrogens with zero attached hydrogens (tertiary/aromatic N) is 1. The van der Waals surface area contributed by atoms with Gasteiger partial charge in [0, 0.05) is 36.5 Å². The van der Waals surface area contributed by atoms with Crippen LogP contribution >= 0.6 is 11.6 Å². The van der Waals surface area contributed by atoms with Gasteiger partial charge in [-0.2, -0.15) is 0 Å². The molecular weight excluding hydrogens is 354 g/mol. The van der Waals surface area contributed by atoms with E-state index >= 15 is 0 Å². The number of aliphatic carboxylic acids is 1. The van der Waals surface area contributed by atoms with E-state index < -0.39 is 11.9 Å². The fraction of sp³-hybridized carbons (Fsp3) is 0.300. The van der Waals surface area contributed by atoms with Crippen LogP contribution in [0.15, 0.2) is 48.5 Å². The van der Waals surface area contributed by atoms with Crippen LogP contribution in [0.25, 0.3) is 0 Å². The van der Waals surface area contributed by atoms with Crippen molar-refractivity contribution in [2.75, 3.05) is 13.2 Å². The van der Waals surface area contributed by atoms with E-state index in [1.807, 2.05) is 30.3 Å². The predicted octanol–water partition coefficient (Wildman–Crippen LogP) is 3.39. The molecule has 1 aliphatic rings. The van der Waals surface area contributed by atoms with E-state index in [-0.39, 0.29) is 18.9 Å². The first-order valence-corrected chi connectivity index (χ1v) is 8.86. The standard InChI is InChI=1S/C20H20ClNO4/c21-17-6-7-18(26-9-8-14-4-2-1-3-5-14)15(10-17)12-22-13-16(20(24)25)11-19(22)23/h1-7,10,16H,8-9,11-13H2,(H,24,25). The van der Waals surface area contributed by atoms with Crippen molar-refractivity contribution in [2.45, 2.75) is 19.4 Å². The second-order valence-corrected chi connectivity index (χ2v) is 6.79. The molecule has 0 aromatic heterocycles. The monoisotopic (exact) mass is 373 g/mol. The zero-order valence-corrected chi connectivity index (χ0v) is 15.0. The third-order valence-corrected chi connectivity index (χ3v) is 4.67. The molecule has 2 aromatic rings. The van der Waals surface area contributed by atoms with Crippen LogP contribution in [0.4, 0.5) is 0 Å². The molecule has 1 amide bonds. The van der Waals surface area contributed by atoms with E-state index in [9.17, 15) is 9.59 Å². The second-order valence-electron chi connectivity index (χ2n) is 6.35. The highest BCUT2D eigenvalue weighted by Crippen LogP contribution is 2.27. The Labute approximate surface area is 157 Å². The summed E-state index contributed by atoms with van der Waals surface area (Å²) in [4.78, 5) is 24.7. The highest BCUT2D eigenvalue weighted by Gasteiger charge is 2.34. The van der Waals surface area contributed by atoms with E-state index in [1.54, 1.807) is 23.1 Å². The summed E-state index contributed by atoms with van der Waals surface area (Å²) in [5, 5.41) is 9.67. The van der Waals surface area contributed by atoms with Crippen molar-refractivity contribution in [3.63, 3.8) is 0 Å². The van der Waals surface area contributed by atoms with Crippen molar-refractivity contribution in [2.24, 2.45) is 5.92 Å². The van der Waals surface area contributed by atoms with Crippen molar-refractivity contribution < 1.29 is 19.4 Å². The van der Waals surface area contributed by atoms with Gasteiger partial charge in [0.15, 0.2) is 0 Å². The number of benzene rings is 2. The number of rotatable bonds is 7. The zero-order valence-electron chi connectivity index (χ0n) is 14.2. The van der Waals surface area contributed by atoms with Crippen molar-refractivity contribution in [1.82, 2.24) is 4.90 Å². The number of hydrogen-bond donors (Lipinski definition) is 1. The summed E-state index contributed by atoms with van der Waals surface area (Å²) in [5.74, 6) is -1.08. The Hall–Kier alpha value is -2.53. The Morgan fingerprint density at radius 1 is 1.23 bits per heavy atom. The number of likely N-dealkylation sites (tertiary alicyclic amines) is 1. The molecule has 2 aromatic carbocycles. The van der Waals surface area contributed by atoms with Crippen LogP contribution in [0, 0.1) is 5.92 Å². The van der Waals surface area contributed by atoms with E-state index in [0.29, 0.717) is 23.9 Å². The Bertz CT molecular complexity index is 794. The largest absolute Gasteiger partial charge is 0.493 e. The molecule has 1 saturated heterocycles. The molecule has 1 N–H and O–H groups in total. The normalized spacial score (nSPS) is 16.7. The summed E-state index contributed by atoms with van der Waals surface area (Å²) < 4.78 is 5.90. The average molecular weight is 374 g/mol. The molecule has 0 bridgehead atoms. The van der Waals surface area contributed by atoms with E-state index in [0.717, 1.165) is 12.0 Å². The van der Waals surface area contributed by atoms with Crippen molar-refractivity contribution in [1.29, 1.82) is 0 Å². The van der Waals surface area contributed by atoms with E-state index in [2.05, 4.69) is 0 Å². The molecule has 1 fully saturated rings. The van der Waals surface area contributed by atoms with Gasteiger partial charge in [0.05, 0.1) is 12.5 Å². The smallest absolute Gasteiger partial charge is 0.308 e. The van der Waals surface area contributed by atoms with E-state index in [1.165, 1.54) is 5.56 Å². The molecular formula is C20H20ClNO4. The molecule has 1 aliphatic heterocycles. The van der Waals surface area contributed by atoms with Gasteiger partial charge >= 0.3 is 5.97 Å². The molecule has 0 saturated carbocycles. The number of hydrogen-bond acceptors (Lipinski definition) is 3. The SMILES string of the molecule is O=C(O)C1CC(=O)N(Cc2cc(Cl)ccc2OCCc2ccccc2)C1. The van der Waals surface area contributed by atoms with E-state index in [4.69, 9.17) is 21.4 Å². The number of ether oxygens (including phenoxy) is 1. The van der Waals surface area contributed by atoms with Crippen LogP contribution in [0.3, 0.4) is 0 Å². The fourth-order valence-electron chi connectivity index (χ4n) is 3.03. The lowest BCUT2D eigenvalue weighted by Gasteiger charge is -2.19. The van der Waals surface area contributed by atoms with Crippen molar-refractivity contribution in [3.8, 4) is 5.75 Å². The highest BCUT2D eigenvalue weighted by molar-refractivity contribution is 6.30. The van der Waals surface area contributed by atoms with Gasteiger partial charge in [-0.1, -0.05) is 41.9 Å². The molecule has 136 valence electrons. The number of halogens is 1. The Kier molecular flexibility index (Phi) is 5.78. The van der Waals surface area contributed by atoms with Gasteiger partial charge in [0.25, 0.3) is 0 Å². The maximum absolute atomic E-state index is 12.1. The molecule has 5 nitrogen and oxygen atoms in total. The number of carbonyl (C=O) groups is 2. The lowest BCUT2D eigenvalue weighted by molar-refractivity contribution is -0.141. The fourth-order valence-corrected chi connectivity index (χ4v) is 3.23. The molecule has 1 unspecified atom stereocenters. The predicted molar refractivity (Wildman–Crippen MR) is 98.3 cm³/mol. The van der Waals surface area contributed by atoms with Crippen LogP contribution in [0.1, 0.15) is 17.5 Å². The van der Waals surface area contributed by atoms with Crippen LogP contribution in [0.2, 0.25) is 5.02 Å². The van der Waals surface area contributed by atoms with Crippen molar-refractivity contribution in [3.05, 3.63) is 64.7 Å². The van der Waals surface area contributed by atoms with Crippen LogP contribution in [0.5, 0.6) is 5.75 Å². The molecule has 6 heteroatoms. The first kappa shape index (κ1) is 18.3. The lowest BCUT2D eigenvalue weighted by Crippen LogP contribution is -2.26. The number of carboxylic acids is 1. The Morgan fingerprint density at radius 3 is 2.69 bits per heavy atom. The number of carbonyl (C=O) groups excluding carboxylic acids is 1. The molecule has 1 atom stereocenters. The van der Waals surface area contributed by atoms with Gasteiger partial charge in [0.2, 0.25) is 5.91 Å². The van der Waals surface area contributed by atoms with Gasteiger partial charge in [-0.3, -0.25) is 9.59 Å². The lowest BCUT2D eigenvalue weighted by atomic mass is 10.1. The molecule has 0 radical (unpaired) electrons. The van der Waals surface area contributed by atoms with Crippen LogP contribution in [-0.4, -0.2) is 35.0 Å². The molecule has 26 heavy (non-hydrogen) atoms. The third kappa shape index (κ3) is 4.55. The molecule has 0 aliphatic carbocycles. The van der Waals surface area contributed by atoms with Gasteiger partial charge < -0.3 is 14.7 Å². The van der Waals surface area contributed by atoms with Crippen molar-refractivity contribution >= 4 is 23.5 Å². The number of carboxylic acid groups (broad SMARTS) is 1. The average Bonchev–Trinajstić information content (AvgIpc) is 2.99. The Balaban J connectivity index is 1.66. The minimum absolute atomic E-state index is 0.0418. The molecule has 3 rings (SSSR count). The minimum Gasteiger partial charge on any atom is -0.493 e. The molecule has 0 spiro atoms. The van der Waals surface area contributed by atoms with Gasteiger partial charge in [0.1, 0.15) is 5.75 Å². The quantitative estimate of drug-likeness (QED) is 0.807. The second kappa shape index (κ2) is 8.23. The highest BCUT2D eigenvalue weighted by atomic mass is 35.5. The van der Waals surface area contributed by atoms with Crippen LogP contribution in [-0.2, 0) is 22.6 Å². The summed E-state index contributed by atoms with van der Waals surface area (Å²) >= 11 is 6.09. The summed E-state index contributed by atoms with van der Waals surface area (Å²) in [6.07, 6.45) is 0.812. The summed E-state index contributed by atoms with van der Waals surface area (Å²) in [6.45, 7) is 1.01. The summed E-state index contributed by atoms with van der Waals surface area (Å²) in [7, 11) is 0. The topological polar surface area (TPSA) is 66.8 Å². The summed E-state index contributed by atoms with van der Waals surface area (Å²) in [6, 6.07) is 15.3. The van der Waals surface area contributed by atoms with Gasteiger partial charge in [-0.15, -0.1) is 0 Å². The Morgan fingerprint density at radius 2 is 2.00 bits per heavy atom.